The van der Waals surface area contributed by atoms with Gasteiger partial charge in [0.05, 0.1) is 12.4 Å². The first-order chi connectivity index (χ1) is 12.1. The van der Waals surface area contributed by atoms with E-state index in [1.165, 1.54) is 18.9 Å². The number of urea groups is 1. The van der Waals surface area contributed by atoms with Gasteiger partial charge in [0.1, 0.15) is 5.82 Å². The smallest absolute Gasteiger partial charge is 0.321 e. The van der Waals surface area contributed by atoms with Crippen LogP contribution in [0.5, 0.6) is 0 Å². The number of hydrogen-bond acceptors (Lipinski definition) is 6. The Morgan fingerprint density at radius 1 is 1.24 bits per heavy atom. The molecule has 0 atom stereocenters. The molecule has 0 unspecified atom stereocenters. The highest BCUT2D eigenvalue weighted by Crippen LogP contribution is 2.17. The molecule has 0 aliphatic carbocycles. The van der Waals surface area contributed by atoms with Gasteiger partial charge in [0.2, 0.25) is 5.91 Å². The molecule has 0 radical (unpaired) electrons. The lowest BCUT2D eigenvalue weighted by atomic mass is 10.1. The van der Waals surface area contributed by atoms with Crippen molar-refractivity contribution in [2.75, 3.05) is 26.0 Å². The fourth-order valence-electron chi connectivity index (χ4n) is 2.01. The number of carbonyl (C=O) groups is 2. The summed E-state index contributed by atoms with van der Waals surface area (Å²) in [5, 5.41) is 13.7. The fraction of sp³-hybridized carbons (Fsp3) is 0.375. The second-order valence-electron chi connectivity index (χ2n) is 5.21. The van der Waals surface area contributed by atoms with Crippen molar-refractivity contribution >= 4 is 23.7 Å². The van der Waals surface area contributed by atoms with Gasteiger partial charge in [-0.3, -0.25) is 10.1 Å². The molecule has 1 aromatic heterocycles. The molecule has 0 bridgehead atoms. The lowest BCUT2D eigenvalue weighted by Gasteiger charge is -2.06. The number of ether oxygens (including phenoxy) is 1. The summed E-state index contributed by atoms with van der Waals surface area (Å²) in [4.78, 5) is 23.3. The van der Waals surface area contributed by atoms with Gasteiger partial charge < -0.3 is 14.6 Å². The van der Waals surface area contributed by atoms with Crippen LogP contribution in [0.2, 0.25) is 0 Å². The predicted molar refractivity (Wildman–Crippen MR) is 94.4 cm³/mol. The number of carbonyl (C=O) groups excluding carboxylic acids is 2. The minimum absolute atomic E-state index is 0.0784. The number of thioether (sulfide) groups is 1. The molecular weight excluding hydrogens is 342 g/mol. The van der Waals surface area contributed by atoms with Gasteiger partial charge in [0.15, 0.2) is 5.16 Å². The molecular formula is C16H21N5O3S. The number of nitrogens with zero attached hydrogens (tertiary/aromatic N) is 3. The number of imide groups is 1. The second kappa shape index (κ2) is 9.80. The van der Waals surface area contributed by atoms with Crippen molar-refractivity contribution < 1.29 is 14.3 Å². The molecule has 9 heteroatoms. The number of amides is 3. The monoisotopic (exact) mass is 363 g/mol. The number of nitrogens with one attached hydrogen (secondary N) is 2. The summed E-state index contributed by atoms with van der Waals surface area (Å²) >= 11 is 1.23. The Morgan fingerprint density at radius 2 is 2.00 bits per heavy atom. The van der Waals surface area contributed by atoms with Gasteiger partial charge in [0.25, 0.3) is 0 Å². The molecule has 1 aromatic carbocycles. The Kier molecular flexibility index (Phi) is 7.42. The quantitative estimate of drug-likeness (QED) is 0.536. The third-order valence-corrected chi connectivity index (χ3v) is 4.33. The van der Waals surface area contributed by atoms with E-state index in [-0.39, 0.29) is 5.75 Å². The van der Waals surface area contributed by atoms with E-state index in [1.807, 2.05) is 41.9 Å². The maximum absolute atomic E-state index is 11.8. The van der Waals surface area contributed by atoms with Crippen LogP contribution in [0, 0.1) is 0 Å². The van der Waals surface area contributed by atoms with Crippen molar-refractivity contribution in [1.29, 1.82) is 0 Å². The summed E-state index contributed by atoms with van der Waals surface area (Å²) in [5.74, 6) is 0.494. The molecule has 0 aliphatic rings. The van der Waals surface area contributed by atoms with E-state index in [2.05, 4.69) is 20.8 Å². The SMILES string of the molecule is COCCNC(=O)NC(=O)CSc1nnc(Cc2ccccc2)n1C. The van der Waals surface area contributed by atoms with Crippen molar-refractivity contribution in [3.63, 3.8) is 0 Å². The lowest BCUT2D eigenvalue weighted by molar-refractivity contribution is -0.117. The maximum Gasteiger partial charge on any atom is 0.321 e. The van der Waals surface area contributed by atoms with Crippen molar-refractivity contribution in [1.82, 2.24) is 25.4 Å². The van der Waals surface area contributed by atoms with E-state index in [1.54, 1.807) is 0 Å². The molecule has 0 spiro atoms. The molecule has 0 fully saturated rings. The van der Waals surface area contributed by atoms with E-state index < -0.39 is 11.9 Å². The van der Waals surface area contributed by atoms with E-state index in [4.69, 9.17) is 4.74 Å². The van der Waals surface area contributed by atoms with Crippen LogP contribution in [0.4, 0.5) is 4.79 Å². The zero-order chi connectivity index (χ0) is 18.1. The van der Waals surface area contributed by atoms with Crippen LogP contribution in [-0.2, 0) is 23.0 Å². The Bertz CT molecular complexity index is 705. The summed E-state index contributed by atoms with van der Waals surface area (Å²) < 4.78 is 6.66. The number of methoxy groups -OCH3 is 1. The number of hydrogen-bond donors (Lipinski definition) is 2. The molecule has 25 heavy (non-hydrogen) atoms. The van der Waals surface area contributed by atoms with E-state index >= 15 is 0 Å². The van der Waals surface area contributed by atoms with Gasteiger partial charge in [-0.2, -0.15) is 0 Å². The largest absolute Gasteiger partial charge is 0.383 e. The average molecular weight is 363 g/mol. The minimum atomic E-state index is -0.537. The fourth-order valence-corrected chi connectivity index (χ4v) is 2.74. The summed E-state index contributed by atoms with van der Waals surface area (Å²) in [7, 11) is 3.39. The zero-order valence-corrected chi connectivity index (χ0v) is 15.0. The van der Waals surface area contributed by atoms with Crippen LogP contribution in [0.25, 0.3) is 0 Å². The molecule has 3 amide bonds. The molecule has 1 heterocycles. The molecule has 134 valence electrons. The maximum atomic E-state index is 11.8. The Hall–Kier alpha value is -2.39. The van der Waals surface area contributed by atoms with Crippen LogP contribution in [0.15, 0.2) is 35.5 Å². The summed E-state index contributed by atoms with van der Waals surface area (Å²) in [6, 6.07) is 9.43. The van der Waals surface area contributed by atoms with E-state index in [0.717, 1.165) is 11.4 Å². The van der Waals surface area contributed by atoms with E-state index in [9.17, 15) is 9.59 Å². The summed E-state index contributed by atoms with van der Waals surface area (Å²) in [5.41, 5.74) is 1.14. The third-order valence-electron chi connectivity index (χ3n) is 3.31. The molecule has 0 aliphatic heterocycles. The lowest BCUT2D eigenvalue weighted by Crippen LogP contribution is -2.41. The molecule has 0 saturated carbocycles. The Morgan fingerprint density at radius 3 is 2.72 bits per heavy atom. The van der Waals surface area contributed by atoms with Crippen LogP contribution >= 0.6 is 11.8 Å². The van der Waals surface area contributed by atoms with Gasteiger partial charge in [0, 0.05) is 27.1 Å². The van der Waals surface area contributed by atoms with Gasteiger partial charge >= 0.3 is 6.03 Å². The zero-order valence-electron chi connectivity index (χ0n) is 14.2. The van der Waals surface area contributed by atoms with Crippen molar-refractivity contribution in [3.8, 4) is 0 Å². The summed E-state index contributed by atoms with van der Waals surface area (Å²) in [6.07, 6.45) is 0.666. The average Bonchev–Trinajstić information content (AvgIpc) is 2.94. The van der Waals surface area contributed by atoms with Gasteiger partial charge in [-0.05, 0) is 5.56 Å². The van der Waals surface area contributed by atoms with E-state index in [0.29, 0.717) is 24.7 Å². The van der Waals surface area contributed by atoms with Gasteiger partial charge in [-0.1, -0.05) is 42.1 Å². The second-order valence-corrected chi connectivity index (χ2v) is 6.15. The van der Waals surface area contributed by atoms with Crippen LogP contribution < -0.4 is 10.6 Å². The molecule has 2 rings (SSSR count). The van der Waals surface area contributed by atoms with Crippen LogP contribution in [0.1, 0.15) is 11.4 Å². The Balaban J connectivity index is 1.81. The molecule has 2 N–H and O–H groups in total. The standard InChI is InChI=1S/C16H21N5O3S/c1-21-13(10-12-6-4-3-5-7-12)19-20-16(21)25-11-14(22)18-15(23)17-8-9-24-2/h3-7H,8-11H2,1-2H3,(H2,17,18,22,23). The highest BCUT2D eigenvalue weighted by Gasteiger charge is 2.13. The van der Waals surface area contributed by atoms with Crippen LogP contribution in [-0.4, -0.2) is 52.7 Å². The number of rotatable bonds is 8. The molecule has 8 nitrogen and oxygen atoms in total. The first-order valence-corrected chi connectivity index (χ1v) is 8.70. The third kappa shape index (κ3) is 6.20. The predicted octanol–water partition coefficient (Wildman–Crippen LogP) is 0.970. The minimum Gasteiger partial charge on any atom is -0.383 e. The summed E-state index contributed by atoms with van der Waals surface area (Å²) in [6.45, 7) is 0.731. The first kappa shape index (κ1) is 18.9. The molecule has 0 saturated heterocycles. The first-order valence-electron chi connectivity index (χ1n) is 7.71. The molecule has 2 aromatic rings. The normalized spacial score (nSPS) is 10.5. The van der Waals surface area contributed by atoms with Crippen molar-refractivity contribution in [2.45, 2.75) is 11.6 Å². The van der Waals surface area contributed by atoms with Crippen molar-refractivity contribution in [2.24, 2.45) is 7.05 Å². The number of aromatic nitrogens is 3. The van der Waals surface area contributed by atoms with Crippen LogP contribution in [0.3, 0.4) is 0 Å². The van der Waals surface area contributed by atoms with Crippen molar-refractivity contribution in [3.05, 3.63) is 41.7 Å². The Labute approximate surface area is 150 Å². The topological polar surface area (TPSA) is 98.1 Å². The number of benzene rings is 1. The van der Waals surface area contributed by atoms with Gasteiger partial charge in [-0.15, -0.1) is 10.2 Å². The van der Waals surface area contributed by atoms with Gasteiger partial charge in [-0.25, -0.2) is 4.79 Å². The highest BCUT2D eigenvalue weighted by molar-refractivity contribution is 7.99. The highest BCUT2D eigenvalue weighted by atomic mass is 32.2.